The number of methoxy groups -OCH3 is 1. The first-order valence-electron chi connectivity index (χ1n) is 11.5. The maximum atomic E-state index is 13.3. The third kappa shape index (κ3) is 4.67. The van der Waals surface area contributed by atoms with Crippen molar-refractivity contribution in [2.45, 2.75) is 19.6 Å². The quantitative estimate of drug-likeness (QED) is 0.340. The number of carbonyl (C=O) groups excluding carboxylic acids is 1. The molecule has 35 heavy (non-hydrogen) atoms. The Hall–Kier alpha value is -3.61. The number of amides is 1. The van der Waals surface area contributed by atoms with Crippen LogP contribution in [0.4, 0.5) is 0 Å². The molecule has 1 amide bonds. The molecule has 2 heterocycles. The summed E-state index contributed by atoms with van der Waals surface area (Å²) in [5.41, 5.74) is 6.39. The van der Waals surface area contributed by atoms with Crippen LogP contribution in [0.2, 0.25) is 5.02 Å². The highest BCUT2D eigenvalue weighted by molar-refractivity contribution is 6.30. The van der Waals surface area contributed by atoms with Crippen LogP contribution in [0.5, 0.6) is 5.75 Å². The van der Waals surface area contributed by atoms with Crippen LogP contribution >= 0.6 is 11.6 Å². The Bertz CT molecular complexity index is 1320. The van der Waals surface area contributed by atoms with Crippen molar-refractivity contribution in [1.82, 2.24) is 15.1 Å². The molecule has 7 heteroatoms. The molecule has 0 aliphatic carbocycles. The summed E-state index contributed by atoms with van der Waals surface area (Å²) < 4.78 is 11.3. The zero-order valence-corrected chi connectivity index (χ0v) is 20.4. The lowest BCUT2D eigenvalue weighted by molar-refractivity contribution is 0.0677. The third-order valence-corrected chi connectivity index (χ3v) is 6.49. The fraction of sp³-hybridized carbons (Fsp3) is 0.214. The van der Waals surface area contributed by atoms with Gasteiger partial charge in [-0.25, -0.2) is 0 Å². The van der Waals surface area contributed by atoms with E-state index in [-0.39, 0.29) is 11.9 Å². The maximum Gasteiger partial charge on any atom is 0.273 e. The van der Waals surface area contributed by atoms with E-state index >= 15 is 0 Å². The number of carbonyl (C=O) groups is 1. The first-order valence-corrected chi connectivity index (χ1v) is 11.9. The molecule has 0 radical (unpaired) electrons. The van der Waals surface area contributed by atoms with E-state index < -0.39 is 0 Å². The summed E-state index contributed by atoms with van der Waals surface area (Å²) in [6.07, 6.45) is 0. The Morgan fingerprint density at radius 2 is 1.71 bits per heavy atom. The van der Waals surface area contributed by atoms with E-state index in [0.717, 1.165) is 33.7 Å². The van der Waals surface area contributed by atoms with Crippen molar-refractivity contribution >= 4 is 17.5 Å². The molecule has 1 aliphatic heterocycles. The number of hydrogen-bond acceptors (Lipinski definition) is 4. The molecule has 1 atom stereocenters. The van der Waals surface area contributed by atoms with Crippen molar-refractivity contribution in [1.29, 1.82) is 0 Å². The molecule has 6 nitrogen and oxygen atoms in total. The molecule has 0 bridgehead atoms. The third-order valence-electron chi connectivity index (χ3n) is 6.24. The topological polar surface area (TPSA) is 67.5 Å². The lowest BCUT2D eigenvalue weighted by Crippen LogP contribution is -2.32. The fourth-order valence-electron chi connectivity index (χ4n) is 4.39. The fourth-order valence-corrected chi connectivity index (χ4v) is 4.51. The molecule has 0 saturated carbocycles. The van der Waals surface area contributed by atoms with E-state index in [0.29, 0.717) is 30.5 Å². The highest BCUT2D eigenvalue weighted by Crippen LogP contribution is 2.43. The van der Waals surface area contributed by atoms with Gasteiger partial charge in [0.1, 0.15) is 18.1 Å². The number of H-pyrrole nitrogens is 1. The lowest BCUT2D eigenvalue weighted by Gasteiger charge is -2.26. The van der Waals surface area contributed by atoms with Gasteiger partial charge in [0, 0.05) is 29.8 Å². The summed E-state index contributed by atoms with van der Waals surface area (Å²) >= 11 is 5.96. The van der Waals surface area contributed by atoms with Gasteiger partial charge in [0.05, 0.1) is 18.3 Å². The number of aryl methyl sites for hydroxylation is 1. The number of aromatic nitrogens is 2. The lowest BCUT2D eigenvalue weighted by atomic mass is 9.95. The SMILES string of the molecule is COCCN1C(=O)c2[nH]nc(-c3ccc(C)cc3)c2C1c1ccc(OCc2ccc(Cl)cc2)cc1. The summed E-state index contributed by atoms with van der Waals surface area (Å²) in [7, 11) is 1.64. The second-order valence-electron chi connectivity index (χ2n) is 8.60. The van der Waals surface area contributed by atoms with Crippen LogP contribution in [-0.4, -0.2) is 41.3 Å². The second-order valence-corrected chi connectivity index (χ2v) is 9.04. The number of hydrogen-bond donors (Lipinski definition) is 1. The van der Waals surface area contributed by atoms with E-state index in [9.17, 15) is 4.79 Å². The number of fused-ring (bicyclic) bond motifs is 1. The van der Waals surface area contributed by atoms with Gasteiger partial charge in [-0.1, -0.05) is 65.7 Å². The minimum atomic E-state index is -0.270. The van der Waals surface area contributed by atoms with E-state index in [4.69, 9.17) is 21.1 Å². The number of rotatable bonds is 8. The average Bonchev–Trinajstić information content (AvgIpc) is 3.42. The summed E-state index contributed by atoms with van der Waals surface area (Å²) in [4.78, 5) is 15.1. The summed E-state index contributed by atoms with van der Waals surface area (Å²) in [6.45, 7) is 3.42. The summed E-state index contributed by atoms with van der Waals surface area (Å²) in [5.74, 6) is 0.679. The molecular weight excluding hydrogens is 462 g/mol. The van der Waals surface area contributed by atoms with Gasteiger partial charge < -0.3 is 14.4 Å². The molecule has 3 aromatic carbocycles. The molecule has 0 spiro atoms. The van der Waals surface area contributed by atoms with Crippen molar-refractivity contribution in [3.05, 3.63) is 106 Å². The monoisotopic (exact) mass is 487 g/mol. The van der Waals surface area contributed by atoms with Crippen LogP contribution in [0.1, 0.15) is 38.8 Å². The number of nitrogens with one attached hydrogen (secondary N) is 1. The number of nitrogens with zero attached hydrogens (tertiary/aromatic N) is 2. The molecule has 0 saturated heterocycles. The highest BCUT2D eigenvalue weighted by atomic mass is 35.5. The van der Waals surface area contributed by atoms with Crippen molar-refractivity contribution in [2.24, 2.45) is 0 Å². The van der Waals surface area contributed by atoms with E-state index in [1.165, 1.54) is 5.56 Å². The molecule has 5 rings (SSSR count). The molecule has 1 aliphatic rings. The van der Waals surface area contributed by atoms with Gasteiger partial charge in [0.15, 0.2) is 0 Å². The number of benzene rings is 3. The van der Waals surface area contributed by atoms with Gasteiger partial charge in [-0.3, -0.25) is 9.89 Å². The first kappa shape index (κ1) is 23.1. The van der Waals surface area contributed by atoms with Crippen LogP contribution in [0.15, 0.2) is 72.8 Å². The van der Waals surface area contributed by atoms with E-state index in [1.54, 1.807) is 7.11 Å². The van der Waals surface area contributed by atoms with Crippen molar-refractivity contribution < 1.29 is 14.3 Å². The van der Waals surface area contributed by atoms with Crippen LogP contribution in [0, 0.1) is 6.92 Å². The normalized spacial score (nSPS) is 14.9. The van der Waals surface area contributed by atoms with Crippen molar-refractivity contribution in [3.63, 3.8) is 0 Å². The molecule has 1 aromatic heterocycles. The Morgan fingerprint density at radius 3 is 2.40 bits per heavy atom. The maximum absolute atomic E-state index is 13.3. The summed E-state index contributed by atoms with van der Waals surface area (Å²) in [6, 6.07) is 23.4. The van der Waals surface area contributed by atoms with E-state index in [1.807, 2.05) is 72.5 Å². The predicted octanol–water partition coefficient (Wildman–Crippen LogP) is 5.81. The first-order chi connectivity index (χ1) is 17.0. The number of ether oxygens (including phenoxy) is 2. The van der Waals surface area contributed by atoms with Crippen LogP contribution in [0.3, 0.4) is 0 Å². The van der Waals surface area contributed by atoms with Crippen LogP contribution in [-0.2, 0) is 11.3 Å². The van der Waals surface area contributed by atoms with Gasteiger partial charge >= 0.3 is 0 Å². The smallest absolute Gasteiger partial charge is 0.273 e. The minimum Gasteiger partial charge on any atom is -0.489 e. The van der Waals surface area contributed by atoms with Gasteiger partial charge in [0.25, 0.3) is 5.91 Å². The summed E-state index contributed by atoms with van der Waals surface area (Å²) in [5, 5.41) is 8.22. The van der Waals surface area contributed by atoms with Gasteiger partial charge in [-0.15, -0.1) is 0 Å². The molecule has 0 fully saturated rings. The van der Waals surface area contributed by atoms with Gasteiger partial charge in [-0.2, -0.15) is 5.10 Å². The van der Waals surface area contributed by atoms with Gasteiger partial charge in [-0.05, 0) is 42.3 Å². The zero-order chi connectivity index (χ0) is 24.4. The Kier molecular flexibility index (Phi) is 6.57. The second kappa shape index (κ2) is 9.94. The predicted molar refractivity (Wildman–Crippen MR) is 136 cm³/mol. The molecule has 1 N–H and O–H groups in total. The molecule has 4 aromatic rings. The van der Waals surface area contributed by atoms with Gasteiger partial charge in [0.2, 0.25) is 0 Å². The number of halogens is 1. The Balaban J connectivity index is 1.45. The standard InChI is InChI=1S/C28H26ClN3O3/c1-18-3-7-20(8-4-18)25-24-26(31-30-25)28(33)32(15-16-34-2)27(24)21-9-13-23(14-10-21)35-17-19-5-11-22(29)12-6-19/h3-14,27H,15-17H2,1-2H3,(H,30,31). The Labute approximate surface area is 209 Å². The zero-order valence-electron chi connectivity index (χ0n) is 19.6. The molecule has 178 valence electrons. The van der Waals surface area contributed by atoms with Crippen molar-refractivity contribution in [3.8, 4) is 17.0 Å². The van der Waals surface area contributed by atoms with Crippen molar-refractivity contribution in [2.75, 3.05) is 20.3 Å². The van der Waals surface area contributed by atoms with E-state index in [2.05, 4.69) is 22.3 Å². The largest absolute Gasteiger partial charge is 0.489 e. The van der Waals surface area contributed by atoms with Crippen LogP contribution in [0.25, 0.3) is 11.3 Å². The highest BCUT2D eigenvalue weighted by Gasteiger charge is 2.41. The molecule has 1 unspecified atom stereocenters. The minimum absolute atomic E-state index is 0.0732. The Morgan fingerprint density at radius 1 is 1.00 bits per heavy atom. The molecular formula is C28H26ClN3O3. The van der Waals surface area contributed by atoms with Crippen LogP contribution < -0.4 is 4.74 Å². The number of aromatic amines is 1. The average molecular weight is 488 g/mol.